The summed E-state index contributed by atoms with van der Waals surface area (Å²) in [5.74, 6) is 0.742. The summed E-state index contributed by atoms with van der Waals surface area (Å²) < 4.78 is 0. The van der Waals surface area contributed by atoms with Gasteiger partial charge in [0.2, 0.25) is 0 Å². The summed E-state index contributed by atoms with van der Waals surface area (Å²) in [5.41, 5.74) is 0.812. The van der Waals surface area contributed by atoms with Crippen molar-refractivity contribution in [2.75, 3.05) is 19.0 Å². The molecule has 0 radical (unpaired) electrons. The monoisotopic (exact) mass is 153 g/mol. The lowest BCUT2D eigenvalue weighted by Crippen LogP contribution is -1.98. The van der Waals surface area contributed by atoms with E-state index >= 15 is 0 Å². The normalized spacial score (nSPS) is 9.64. The van der Waals surface area contributed by atoms with Crippen molar-refractivity contribution in [1.82, 2.24) is 9.97 Å². The number of nitrogens with zero attached hydrogens (tertiary/aromatic N) is 2. The van der Waals surface area contributed by atoms with Gasteiger partial charge in [-0.1, -0.05) is 0 Å². The van der Waals surface area contributed by atoms with Crippen LogP contribution in [0.1, 0.15) is 5.69 Å². The summed E-state index contributed by atoms with van der Waals surface area (Å²) in [6.45, 7) is 0.119. The SMILES string of the molecule is CNc1cnc(CCO)cn1. The van der Waals surface area contributed by atoms with Crippen LogP contribution in [0.5, 0.6) is 0 Å². The van der Waals surface area contributed by atoms with Gasteiger partial charge in [-0.05, 0) is 0 Å². The average Bonchev–Trinajstić information content (AvgIpc) is 2.07. The van der Waals surface area contributed by atoms with Crippen molar-refractivity contribution in [2.45, 2.75) is 6.42 Å². The minimum atomic E-state index is 0.119. The maximum absolute atomic E-state index is 8.56. The van der Waals surface area contributed by atoms with Crippen LogP contribution in [-0.4, -0.2) is 28.7 Å². The van der Waals surface area contributed by atoms with Gasteiger partial charge in [-0.15, -0.1) is 0 Å². The van der Waals surface area contributed by atoms with E-state index in [-0.39, 0.29) is 6.61 Å². The van der Waals surface area contributed by atoms with Gasteiger partial charge in [-0.25, -0.2) is 4.98 Å². The third kappa shape index (κ3) is 2.16. The van der Waals surface area contributed by atoms with Gasteiger partial charge in [0.25, 0.3) is 0 Å². The molecule has 0 atom stereocenters. The second-order valence-corrected chi connectivity index (χ2v) is 2.12. The second-order valence-electron chi connectivity index (χ2n) is 2.12. The Bertz CT molecular complexity index is 209. The van der Waals surface area contributed by atoms with E-state index in [1.807, 2.05) is 0 Å². The lowest BCUT2D eigenvalue weighted by Gasteiger charge is -1.98. The molecule has 0 aliphatic heterocycles. The number of hydrogen-bond donors (Lipinski definition) is 2. The Morgan fingerprint density at radius 1 is 1.45 bits per heavy atom. The molecule has 0 saturated heterocycles. The van der Waals surface area contributed by atoms with Crippen molar-refractivity contribution >= 4 is 5.82 Å². The first kappa shape index (κ1) is 7.94. The molecular weight excluding hydrogens is 142 g/mol. The Labute approximate surface area is 65.3 Å². The Hall–Kier alpha value is -1.16. The van der Waals surface area contributed by atoms with E-state index in [4.69, 9.17) is 5.11 Å². The molecule has 4 heteroatoms. The number of aliphatic hydroxyl groups is 1. The van der Waals surface area contributed by atoms with E-state index in [2.05, 4.69) is 15.3 Å². The molecule has 0 aromatic carbocycles. The summed E-state index contributed by atoms with van der Waals surface area (Å²) >= 11 is 0. The van der Waals surface area contributed by atoms with Crippen LogP contribution in [0.15, 0.2) is 12.4 Å². The number of nitrogens with one attached hydrogen (secondary N) is 1. The first-order chi connectivity index (χ1) is 5.36. The Kier molecular flexibility index (Phi) is 2.80. The highest BCUT2D eigenvalue weighted by atomic mass is 16.3. The smallest absolute Gasteiger partial charge is 0.144 e. The van der Waals surface area contributed by atoms with Gasteiger partial charge in [-0.3, -0.25) is 4.98 Å². The van der Waals surface area contributed by atoms with Crippen LogP contribution >= 0.6 is 0 Å². The second kappa shape index (κ2) is 3.88. The Morgan fingerprint density at radius 2 is 2.27 bits per heavy atom. The number of rotatable bonds is 3. The van der Waals surface area contributed by atoms with E-state index in [1.54, 1.807) is 19.4 Å². The van der Waals surface area contributed by atoms with Crippen molar-refractivity contribution in [1.29, 1.82) is 0 Å². The summed E-state index contributed by atoms with van der Waals surface area (Å²) in [4.78, 5) is 8.09. The van der Waals surface area contributed by atoms with Crippen LogP contribution in [0, 0.1) is 0 Å². The van der Waals surface area contributed by atoms with Crippen LogP contribution < -0.4 is 5.32 Å². The number of aromatic nitrogens is 2. The minimum absolute atomic E-state index is 0.119. The number of aliphatic hydroxyl groups excluding tert-OH is 1. The lowest BCUT2D eigenvalue weighted by molar-refractivity contribution is 0.298. The largest absolute Gasteiger partial charge is 0.396 e. The summed E-state index contributed by atoms with van der Waals surface area (Å²) in [6.07, 6.45) is 3.87. The molecule has 2 N–H and O–H groups in total. The summed E-state index contributed by atoms with van der Waals surface area (Å²) in [7, 11) is 1.79. The standard InChI is InChI=1S/C7H11N3O/c1-8-7-5-9-6(2-3-11)4-10-7/h4-5,11H,2-3H2,1H3,(H,8,10). The Morgan fingerprint density at radius 3 is 2.73 bits per heavy atom. The van der Waals surface area contributed by atoms with E-state index in [0.717, 1.165) is 11.5 Å². The molecule has 11 heavy (non-hydrogen) atoms. The van der Waals surface area contributed by atoms with Crippen molar-refractivity contribution in [3.63, 3.8) is 0 Å². The van der Waals surface area contributed by atoms with E-state index in [9.17, 15) is 0 Å². The molecule has 0 bridgehead atoms. The maximum atomic E-state index is 8.56. The highest BCUT2D eigenvalue weighted by molar-refractivity contribution is 5.29. The first-order valence-corrected chi connectivity index (χ1v) is 3.46. The number of hydrogen-bond acceptors (Lipinski definition) is 4. The van der Waals surface area contributed by atoms with Crippen LogP contribution in [0.25, 0.3) is 0 Å². The van der Waals surface area contributed by atoms with Gasteiger partial charge in [0, 0.05) is 20.1 Å². The molecule has 0 amide bonds. The maximum Gasteiger partial charge on any atom is 0.144 e. The fourth-order valence-electron chi connectivity index (χ4n) is 0.728. The third-order valence-electron chi connectivity index (χ3n) is 1.33. The van der Waals surface area contributed by atoms with Crippen molar-refractivity contribution in [3.05, 3.63) is 18.1 Å². The lowest BCUT2D eigenvalue weighted by atomic mass is 10.3. The molecular formula is C7H11N3O. The van der Waals surface area contributed by atoms with E-state index in [1.165, 1.54) is 0 Å². The van der Waals surface area contributed by atoms with E-state index in [0.29, 0.717) is 6.42 Å². The molecule has 4 nitrogen and oxygen atoms in total. The predicted molar refractivity (Wildman–Crippen MR) is 42.4 cm³/mol. The van der Waals surface area contributed by atoms with Crippen LogP contribution in [0.2, 0.25) is 0 Å². The number of anilines is 1. The summed E-state index contributed by atoms with van der Waals surface area (Å²) in [5, 5.41) is 11.4. The van der Waals surface area contributed by atoms with Crippen LogP contribution in [0.4, 0.5) is 5.82 Å². The van der Waals surface area contributed by atoms with Gasteiger partial charge in [0.1, 0.15) is 5.82 Å². The molecule has 0 fully saturated rings. The first-order valence-electron chi connectivity index (χ1n) is 3.46. The topological polar surface area (TPSA) is 58.0 Å². The van der Waals surface area contributed by atoms with Gasteiger partial charge in [-0.2, -0.15) is 0 Å². The highest BCUT2D eigenvalue weighted by Gasteiger charge is 1.93. The van der Waals surface area contributed by atoms with Crippen molar-refractivity contribution < 1.29 is 5.11 Å². The quantitative estimate of drug-likeness (QED) is 0.644. The zero-order valence-electron chi connectivity index (χ0n) is 6.41. The molecule has 0 saturated carbocycles. The fourth-order valence-corrected chi connectivity index (χ4v) is 0.728. The van der Waals surface area contributed by atoms with Crippen molar-refractivity contribution in [2.24, 2.45) is 0 Å². The van der Waals surface area contributed by atoms with Gasteiger partial charge < -0.3 is 10.4 Å². The predicted octanol–water partition coefficient (Wildman–Crippen LogP) is 0.0531. The molecule has 0 aliphatic rings. The molecule has 1 heterocycles. The van der Waals surface area contributed by atoms with E-state index < -0.39 is 0 Å². The zero-order valence-corrected chi connectivity index (χ0v) is 6.41. The fraction of sp³-hybridized carbons (Fsp3) is 0.429. The van der Waals surface area contributed by atoms with Crippen LogP contribution in [-0.2, 0) is 6.42 Å². The summed E-state index contributed by atoms with van der Waals surface area (Å²) in [6, 6.07) is 0. The third-order valence-corrected chi connectivity index (χ3v) is 1.33. The zero-order chi connectivity index (χ0) is 8.10. The molecule has 1 aromatic rings. The van der Waals surface area contributed by atoms with Crippen LogP contribution in [0.3, 0.4) is 0 Å². The molecule has 1 rings (SSSR count). The van der Waals surface area contributed by atoms with Gasteiger partial charge in [0.05, 0.1) is 18.1 Å². The highest BCUT2D eigenvalue weighted by Crippen LogP contribution is 1.99. The molecule has 0 unspecified atom stereocenters. The van der Waals surface area contributed by atoms with Crippen molar-refractivity contribution in [3.8, 4) is 0 Å². The molecule has 0 aliphatic carbocycles. The minimum Gasteiger partial charge on any atom is -0.396 e. The Balaban J connectivity index is 2.66. The average molecular weight is 153 g/mol. The molecule has 60 valence electrons. The molecule has 0 spiro atoms. The van der Waals surface area contributed by atoms with Gasteiger partial charge >= 0.3 is 0 Å². The van der Waals surface area contributed by atoms with Gasteiger partial charge in [0.15, 0.2) is 0 Å². The molecule has 1 aromatic heterocycles.